The molecule has 1 aliphatic carbocycles. The number of hydrogen-bond acceptors (Lipinski definition) is 6. The van der Waals surface area contributed by atoms with Crippen LogP contribution in [0.3, 0.4) is 0 Å². The molecule has 0 saturated carbocycles. The van der Waals surface area contributed by atoms with Crippen LogP contribution >= 0.6 is 11.6 Å². The maximum absolute atomic E-state index is 6.11. The first kappa shape index (κ1) is 47.7. The fourth-order valence-corrected chi connectivity index (χ4v) is 11.1. The van der Waals surface area contributed by atoms with Gasteiger partial charge in [-0.25, -0.2) is 19.9 Å². The maximum Gasteiger partial charge on any atom is 0.226 e. The summed E-state index contributed by atoms with van der Waals surface area (Å²) in [6.07, 6.45) is 0. The zero-order chi connectivity index (χ0) is 52.3. The fourth-order valence-electron chi connectivity index (χ4n) is 10.9. The van der Waals surface area contributed by atoms with Crippen LogP contribution in [0.4, 0.5) is 0 Å². The van der Waals surface area contributed by atoms with E-state index >= 15 is 0 Å². The summed E-state index contributed by atoms with van der Waals surface area (Å²) >= 11 is 6.11. The molecule has 0 bridgehead atoms. The lowest BCUT2D eigenvalue weighted by Crippen LogP contribution is -2.28. The van der Waals surface area contributed by atoms with E-state index in [0.29, 0.717) is 29.1 Å². The maximum atomic E-state index is 6.11. The molecule has 0 fully saturated rings. The van der Waals surface area contributed by atoms with E-state index in [4.69, 9.17) is 26.6 Å². The van der Waals surface area contributed by atoms with Crippen LogP contribution in [0.25, 0.3) is 101 Å². The standard InChI is InChI=1S/C50H33N3.C21H14ClN3/c1-5-16-34(17-6-1)35-28-30-38(31-29-35)48-51-47(37-19-7-2-8-20-37)52-49(53-48)43-26-15-27-44-45(43)42-33-32-36-18-13-14-25-41(36)46(42)50(44,39-21-9-3-10-22-39)40-23-11-4-12-24-40;22-21-24-19(17-9-5-2-6-10-17)23-20(25-21)18-13-11-16(12-14-18)15-7-3-1-4-8-15/h1-33H;1-14H. The van der Waals surface area contributed by atoms with Crippen LogP contribution in [0.2, 0.25) is 5.28 Å². The summed E-state index contributed by atoms with van der Waals surface area (Å²) in [7, 11) is 0. The molecule has 6 nitrogen and oxygen atoms in total. The SMILES string of the molecule is Clc1nc(-c2ccccc2)nc(-c2ccc(-c3ccccc3)cc2)n1.c1ccc(-c2ccc(-c3nc(-c4ccccc4)nc(-c4cccc5c4-c4ccc6ccccc6c4C5(c4ccccc4)c4ccccc4)n3)cc2)cc1. The number of halogens is 1. The van der Waals surface area contributed by atoms with Gasteiger partial charge in [0.2, 0.25) is 5.28 Å². The van der Waals surface area contributed by atoms with Gasteiger partial charge in [-0.05, 0) is 78.0 Å². The second-order valence-electron chi connectivity index (χ2n) is 19.1. The third kappa shape index (κ3) is 9.00. The largest absolute Gasteiger partial charge is 0.226 e. The highest BCUT2D eigenvalue weighted by atomic mass is 35.5. The molecule has 0 saturated heterocycles. The summed E-state index contributed by atoms with van der Waals surface area (Å²) in [5.41, 5.74) is 16.0. The topological polar surface area (TPSA) is 77.3 Å². The van der Waals surface area contributed by atoms with Crippen LogP contribution in [0.1, 0.15) is 22.3 Å². The Labute approximate surface area is 458 Å². The van der Waals surface area contributed by atoms with Crippen molar-refractivity contribution in [1.29, 1.82) is 0 Å². The summed E-state index contributed by atoms with van der Waals surface area (Å²) in [6.45, 7) is 0. The molecule has 0 amide bonds. The van der Waals surface area contributed by atoms with Gasteiger partial charge >= 0.3 is 0 Å². The van der Waals surface area contributed by atoms with Crippen molar-refractivity contribution in [1.82, 2.24) is 29.9 Å². The second-order valence-corrected chi connectivity index (χ2v) is 19.4. The first-order chi connectivity index (χ1) is 38.6. The van der Waals surface area contributed by atoms with Crippen molar-refractivity contribution in [2.24, 2.45) is 0 Å². The van der Waals surface area contributed by atoms with Crippen molar-refractivity contribution in [2.45, 2.75) is 5.41 Å². The monoisotopic (exact) mass is 1020 g/mol. The molecule has 7 heteroatoms. The van der Waals surface area contributed by atoms with Crippen LogP contribution in [-0.4, -0.2) is 29.9 Å². The Kier molecular flexibility index (Phi) is 12.8. The molecule has 11 aromatic carbocycles. The Morgan fingerprint density at radius 3 is 1.09 bits per heavy atom. The van der Waals surface area contributed by atoms with E-state index in [0.717, 1.165) is 44.5 Å². The highest BCUT2D eigenvalue weighted by Crippen LogP contribution is 2.60. The van der Waals surface area contributed by atoms with E-state index in [1.165, 1.54) is 49.7 Å². The number of rotatable bonds is 9. The zero-order valence-corrected chi connectivity index (χ0v) is 43.0. The van der Waals surface area contributed by atoms with Crippen LogP contribution in [0.5, 0.6) is 0 Å². The molecule has 0 atom stereocenters. The van der Waals surface area contributed by atoms with Gasteiger partial charge < -0.3 is 0 Å². The quantitative estimate of drug-likeness (QED) is 0.143. The highest BCUT2D eigenvalue weighted by Gasteiger charge is 2.48. The molecular weight excluding hydrogens is 972 g/mol. The summed E-state index contributed by atoms with van der Waals surface area (Å²) in [5.74, 6) is 3.07. The van der Waals surface area contributed by atoms with Crippen molar-refractivity contribution in [2.75, 3.05) is 0 Å². The minimum Gasteiger partial charge on any atom is -0.208 e. The molecule has 1 aliphatic rings. The number of hydrogen-bond donors (Lipinski definition) is 0. The molecule has 2 heterocycles. The van der Waals surface area contributed by atoms with Gasteiger partial charge in [0.15, 0.2) is 29.1 Å². The molecule has 0 spiro atoms. The Balaban J connectivity index is 0.000000193. The molecule has 2 aromatic heterocycles. The average Bonchev–Trinajstić information content (AvgIpc) is 3.84. The predicted octanol–water partition coefficient (Wildman–Crippen LogP) is 17.6. The molecular formula is C71H47ClN6. The van der Waals surface area contributed by atoms with Crippen LogP contribution < -0.4 is 0 Å². The number of fused-ring (bicyclic) bond motifs is 5. The van der Waals surface area contributed by atoms with Crippen molar-refractivity contribution < 1.29 is 0 Å². The first-order valence-corrected chi connectivity index (χ1v) is 26.3. The molecule has 14 rings (SSSR count). The van der Waals surface area contributed by atoms with Gasteiger partial charge in [0.05, 0.1) is 5.41 Å². The molecule has 13 aromatic rings. The van der Waals surface area contributed by atoms with Crippen LogP contribution in [0.15, 0.2) is 285 Å². The minimum atomic E-state index is -0.574. The van der Waals surface area contributed by atoms with E-state index in [9.17, 15) is 0 Å². The molecule has 0 radical (unpaired) electrons. The highest BCUT2D eigenvalue weighted by molar-refractivity contribution is 6.28. The van der Waals surface area contributed by atoms with Crippen LogP contribution in [-0.2, 0) is 5.41 Å². The first-order valence-electron chi connectivity index (χ1n) is 26.0. The van der Waals surface area contributed by atoms with Gasteiger partial charge in [0.25, 0.3) is 0 Å². The lowest BCUT2D eigenvalue weighted by molar-refractivity contribution is 0.775. The number of benzene rings is 11. The van der Waals surface area contributed by atoms with Crippen molar-refractivity contribution >= 4 is 22.4 Å². The Morgan fingerprint density at radius 1 is 0.256 bits per heavy atom. The Hall–Kier alpha value is -10.0. The van der Waals surface area contributed by atoms with Crippen molar-refractivity contribution in [3.63, 3.8) is 0 Å². The van der Waals surface area contributed by atoms with E-state index in [1.807, 2.05) is 84.9 Å². The lowest BCUT2D eigenvalue weighted by atomic mass is 9.66. The third-order valence-corrected chi connectivity index (χ3v) is 14.7. The van der Waals surface area contributed by atoms with Gasteiger partial charge in [0.1, 0.15) is 0 Å². The van der Waals surface area contributed by atoms with E-state index in [2.05, 4.69) is 215 Å². The summed E-state index contributed by atoms with van der Waals surface area (Å²) in [6, 6.07) is 99.1. The van der Waals surface area contributed by atoms with Crippen molar-refractivity contribution in [3.8, 4) is 90.3 Å². The fraction of sp³-hybridized carbons (Fsp3) is 0.0141. The smallest absolute Gasteiger partial charge is 0.208 e. The van der Waals surface area contributed by atoms with Crippen LogP contribution in [0, 0.1) is 0 Å². The summed E-state index contributed by atoms with van der Waals surface area (Å²) < 4.78 is 0. The molecule has 0 N–H and O–H groups in total. The Morgan fingerprint density at radius 2 is 0.615 bits per heavy atom. The minimum absolute atomic E-state index is 0.191. The average molecular weight is 1020 g/mol. The second kappa shape index (κ2) is 21.0. The van der Waals surface area contributed by atoms with E-state index in [-0.39, 0.29) is 5.28 Å². The van der Waals surface area contributed by atoms with E-state index in [1.54, 1.807) is 0 Å². The predicted molar refractivity (Wildman–Crippen MR) is 318 cm³/mol. The third-order valence-electron chi connectivity index (χ3n) is 14.5. The lowest BCUT2D eigenvalue weighted by Gasteiger charge is -2.34. The molecule has 0 aliphatic heterocycles. The van der Waals surface area contributed by atoms with Gasteiger partial charge in [-0.2, -0.15) is 9.97 Å². The molecule has 78 heavy (non-hydrogen) atoms. The summed E-state index contributed by atoms with van der Waals surface area (Å²) in [4.78, 5) is 28.7. The van der Waals surface area contributed by atoms with Gasteiger partial charge in [-0.3, -0.25) is 0 Å². The normalized spacial score (nSPS) is 12.0. The zero-order valence-electron chi connectivity index (χ0n) is 42.2. The van der Waals surface area contributed by atoms with Crippen molar-refractivity contribution in [3.05, 3.63) is 313 Å². The molecule has 0 unspecified atom stereocenters. The number of aromatic nitrogens is 6. The molecule has 368 valence electrons. The van der Waals surface area contributed by atoms with Gasteiger partial charge in [-0.15, -0.1) is 0 Å². The summed E-state index contributed by atoms with van der Waals surface area (Å²) in [5, 5.41) is 2.64. The van der Waals surface area contributed by atoms with Gasteiger partial charge in [0, 0.05) is 27.8 Å². The Bertz CT molecular complexity index is 4180. The van der Waals surface area contributed by atoms with Gasteiger partial charge in [-0.1, -0.05) is 285 Å². The number of nitrogens with zero attached hydrogens (tertiary/aromatic N) is 6. The van der Waals surface area contributed by atoms with E-state index < -0.39 is 5.41 Å².